The van der Waals surface area contributed by atoms with Crippen molar-refractivity contribution >= 4 is 60.2 Å². The molecule has 4 aromatic heterocycles. The first-order valence-corrected chi connectivity index (χ1v) is 19.4. The number of pyridine rings is 1. The monoisotopic (exact) mass is 727 g/mol. The SMILES string of the molecule is c1ccc(-c2c(-c3cccc(-c4cccc5oc6ccc(-c7ccc8c(c7)c7ccccc7n8-c7ccccc7)cc6c45)c3)nc3c4ccccc4ccn23)cc1. The van der Waals surface area contributed by atoms with Crippen molar-refractivity contribution in [1.82, 2.24) is 14.0 Å². The number of para-hydroxylation sites is 2. The van der Waals surface area contributed by atoms with Crippen LogP contribution in [0, 0.1) is 0 Å². The van der Waals surface area contributed by atoms with Gasteiger partial charge in [-0.1, -0.05) is 133 Å². The Morgan fingerprint density at radius 1 is 0.421 bits per heavy atom. The zero-order chi connectivity index (χ0) is 37.5. The Hall–Kier alpha value is -7.69. The maximum absolute atomic E-state index is 6.54. The third-order valence-electron chi connectivity index (χ3n) is 11.5. The van der Waals surface area contributed by atoms with Gasteiger partial charge < -0.3 is 8.98 Å². The van der Waals surface area contributed by atoms with Gasteiger partial charge in [-0.3, -0.25) is 4.40 Å². The topological polar surface area (TPSA) is 35.4 Å². The number of hydrogen-bond acceptors (Lipinski definition) is 2. The van der Waals surface area contributed by atoms with Gasteiger partial charge in [-0.15, -0.1) is 0 Å². The fourth-order valence-electron chi connectivity index (χ4n) is 8.93. The van der Waals surface area contributed by atoms with Gasteiger partial charge in [0, 0.05) is 49.9 Å². The van der Waals surface area contributed by atoms with Crippen LogP contribution >= 0.6 is 0 Å². The number of rotatable bonds is 5. The summed E-state index contributed by atoms with van der Waals surface area (Å²) in [6.07, 6.45) is 2.15. The summed E-state index contributed by atoms with van der Waals surface area (Å²) in [5.74, 6) is 0. The van der Waals surface area contributed by atoms with Crippen molar-refractivity contribution in [3.8, 4) is 50.5 Å². The second-order valence-electron chi connectivity index (χ2n) is 14.8. The van der Waals surface area contributed by atoms with Gasteiger partial charge in [0.15, 0.2) is 0 Å². The lowest BCUT2D eigenvalue weighted by Crippen LogP contribution is -1.92. The molecule has 0 saturated carbocycles. The Morgan fingerprint density at radius 3 is 1.98 bits per heavy atom. The number of furan rings is 1. The van der Waals surface area contributed by atoms with Gasteiger partial charge in [-0.05, 0) is 88.3 Å². The maximum atomic E-state index is 6.54. The number of hydrogen-bond donors (Lipinski definition) is 0. The highest BCUT2D eigenvalue weighted by atomic mass is 16.3. The zero-order valence-electron chi connectivity index (χ0n) is 30.8. The summed E-state index contributed by atoms with van der Waals surface area (Å²) in [6, 6.07) is 69.2. The second-order valence-corrected chi connectivity index (χ2v) is 14.8. The molecule has 0 aliphatic rings. The Labute approximate surface area is 328 Å². The van der Waals surface area contributed by atoms with Crippen LogP contribution in [0.5, 0.6) is 0 Å². The van der Waals surface area contributed by atoms with Gasteiger partial charge in [0.05, 0.1) is 22.4 Å². The van der Waals surface area contributed by atoms with Crippen LogP contribution in [0.1, 0.15) is 0 Å². The molecule has 0 atom stereocenters. The van der Waals surface area contributed by atoms with E-state index in [1.807, 2.05) is 0 Å². The van der Waals surface area contributed by atoms with Gasteiger partial charge in [0.2, 0.25) is 0 Å². The van der Waals surface area contributed by atoms with Crippen LogP contribution in [0.3, 0.4) is 0 Å². The molecule has 0 bridgehead atoms. The first-order chi connectivity index (χ1) is 28.3. The molecule has 4 heterocycles. The molecule has 0 unspecified atom stereocenters. The van der Waals surface area contributed by atoms with Crippen molar-refractivity contribution in [2.45, 2.75) is 0 Å². The van der Waals surface area contributed by atoms with Crippen LogP contribution in [0.15, 0.2) is 205 Å². The summed E-state index contributed by atoms with van der Waals surface area (Å²) < 4.78 is 11.1. The lowest BCUT2D eigenvalue weighted by Gasteiger charge is -2.09. The van der Waals surface area contributed by atoms with Crippen LogP contribution in [-0.4, -0.2) is 14.0 Å². The number of benzene rings is 8. The van der Waals surface area contributed by atoms with Gasteiger partial charge >= 0.3 is 0 Å². The highest BCUT2D eigenvalue weighted by Crippen LogP contribution is 2.42. The average Bonchev–Trinajstić information content (AvgIpc) is 3.97. The lowest BCUT2D eigenvalue weighted by atomic mass is 9.95. The van der Waals surface area contributed by atoms with E-state index in [2.05, 4.69) is 209 Å². The molecule has 8 aromatic carbocycles. The van der Waals surface area contributed by atoms with Crippen LogP contribution in [0.25, 0.3) is 111 Å². The first-order valence-electron chi connectivity index (χ1n) is 19.4. The number of imidazole rings is 1. The molecule has 0 saturated heterocycles. The first kappa shape index (κ1) is 31.6. The predicted octanol–water partition coefficient (Wildman–Crippen LogP) is 14.2. The minimum atomic E-state index is 0.871. The van der Waals surface area contributed by atoms with E-state index < -0.39 is 0 Å². The number of nitrogens with zero attached hydrogens (tertiary/aromatic N) is 3. The van der Waals surface area contributed by atoms with Gasteiger partial charge in [-0.25, -0.2) is 4.98 Å². The molecule has 0 amide bonds. The fourth-order valence-corrected chi connectivity index (χ4v) is 8.93. The number of aromatic nitrogens is 3. The Balaban J connectivity index is 1.02. The summed E-state index contributed by atoms with van der Waals surface area (Å²) in [4.78, 5) is 5.37. The van der Waals surface area contributed by atoms with Gasteiger partial charge in [0.1, 0.15) is 16.8 Å². The van der Waals surface area contributed by atoms with Gasteiger partial charge in [-0.2, -0.15) is 0 Å². The van der Waals surface area contributed by atoms with E-state index in [1.165, 1.54) is 32.8 Å². The van der Waals surface area contributed by atoms with E-state index in [0.29, 0.717) is 0 Å². The minimum absolute atomic E-state index is 0.871. The van der Waals surface area contributed by atoms with Crippen molar-refractivity contribution < 1.29 is 4.42 Å². The van der Waals surface area contributed by atoms with Crippen LogP contribution in [0.4, 0.5) is 0 Å². The summed E-state index contributed by atoms with van der Waals surface area (Å²) in [6.45, 7) is 0. The normalized spacial score (nSPS) is 11.9. The van der Waals surface area contributed by atoms with E-state index in [9.17, 15) is 0 Å². The molecule has 0 aliphatic carbocycles. The molecule has 12 aromatic rings. The number of fused-ring (bicyclic) bond motifs is 9. The highest BCUT2D eigenvalue weighted by molar-refractivity contribution is 6.14. The summed E-state index contributed by atoms with van der Waals surface area (Å²) in [5, 5.41) is 6.98. The molecule has 0 N–H and O–H groups in total. The molecule has 12 rings (SSSR count). The summed E-state index contributed by atoms with van der Waals surface area (Å²) in [5.41, 5.74) is 15.0. The van der Waals surface area contributed by atoms with Crippen molar-refractivity contribution in [1.29, 1.82) is 0 Å². The van der Waals surface area contributed by atoms with Gasteiger partial charge in [0.25, 0.3) is 0 Å². The molecule has 57 heavy (non-hydrogen) atoms. The van der Waals surface area contributed by atoms with Crippen molar-refractivity contribution in [3.63, 3.8) is 0 Å². The Kier molecular flexibility index (Phi) is 6.89. The molecular formula is C53H33N3O. The molecule has 266 valence electrons. The van der Waals surface area contributed by atoms with E-state index in [1.54, 1.807) is 0 Å². The van der Waals surface area contributed by atoms with Crippen molar-refractivity contribution in [2.24, 2.45) is 0 Å². The van der Waals surface area contributed by atoms with E-state index in [-0.39, 0.29) is 0 Å². The van der Waals surface area contributed by atoms with E-state index >= 15 is 0 Å². The minimum Gasteiger partial charge on any atom is -0.456 e. The average molecular weight is 728 g/mol. The van der Waals surface area contributed by atoms with Crippen LogP contribution in [0.2, 0.25) is 0 Å². The zero-order valence-corrected chi connectivity index (χ0v) is 30.8. The summed E-state index contributed by atoms with van der Waals surface area (Å²) in [7, 11) is 0. The third kappa shape index (κ3) is 4.91. The smallest absolute Gasteiger partial charge is 0.145 e. The van der Waals surface area contributed by atoms with Crippen molar-refractivity contribution in [3.05, 3.63) is 200 Å². The Bertz CT molecular complexity index is 3520. The second kappa shape index (κ2) is 12.4. The van der Waals surface area contributed by atoms with Crippen LogP contribution in [-0.2, 0) is 0 Å². The third-order valence-corrected chi connectivity index (χ3v) is 11.5. The molecule has 0 aliphatic heterocycles. The fraction of sp³-hybridized carbons (Fsp3) is 0. The quantitative estimate of drug-likeness (QED) is 0.177. The van der Waals surface area contributed by atoms with Crippen LogP contribution < -0.4 is 0 Å². The largest absolute Gasteiger partial charge is 0.456 e. The molecule has 4 nitrogen and oxygen atoms in total. The lowest BCUT2D eigenvalue weighted by molar-refractivity contribution is 0.669. The predicted molar refractivity (Wildman–Crippen MR) is 236 cm³/mol. The Morgan fingerprint density at radius 2 is 1.11 bits per heavy atom. The molecule has 4 heteroatoms. The molecule has 0 spiro atoms. The maximum Gasteiger partial charge on any atom is 0.145 e. The standard InChI is InChI=1S/C53H33N3O/c1-3-14-35(15-4-1)52-51(54-53-42-20-8-7-13-34(42)29-30-55(52)53)39-17-11-16-38(31-39)41-22-12-24-49-50(41)45-33-37(26-28-48(45)57-49)36-25-27-47-44(32-36)43-21-9-10-23-46(43)56(47)40-18-5-2-6-19-40/h1-33H. The molecular weight excluding hydrogens is 695 g/mol. The van der Waals surface area contributed by atoms with E-state index in [0.717, 1.165) is 77.9 Å². The van der Waals surface area contributed by atoms with E-state index in [4.69, 9.17) is 9.40 Å². The summed E-state index contributed by atoms with van der Waals surface area (Å²) >= 11 is 0. The van der Waals surface area contributed by atoms with Crippen molar-refractivity contribution in [2.75, 3.05) is 0 Å². The highest BCUT2D eigenvalue weighted by Gasteiger charge is 2.20. The molecule has 0 fully saturated rings. The molecule has 0 radical (unpaired) electrons.